The van der Waals surface area contributed by atoms with E-state index in [9.17, 15) is 4.79 Å². The van der Waals surface area contributed by atoms with Crippen LogP contribution in [0, 0.1) is 24.7 Å². The number of amides is 1. The van der Waals surface area contributed by atoms with Crippen molar-refractivity contribution >= 4 is 5.91 Å². The Labute approximate surface area is 61.0 Å². The summed E-state index contributed by atoms with van der Waals surface area (Å²) < 4.78 is 0. The zero-order chi connectivity index (χ0) is 8.20. The van der Waals surface area contributed by atoms with Crippen molar-refractivity contribution in [3.05, 3.63) is 0 Å². The minimum Gasteiger partial charge on any atom is -0.330 e. The molecule has 1 N–H and O–H groups in total. The van der Waals surface area contributed by atoms with Crippen LogP contribution >= 0.6 is 0 Å². The molecule has 0 rings (SSSR count). The smallest absolute Gasteiger partial charge is 0.218 e. The zero-order valence-corrected chi connectivity index (χ0v) is 6.06. The summed E-state index contributed by atoms with van der Waals surface area (Å²) in [6, 6.07) is 0. The van der Waals surface area contributed by atoms with E-state index in [2.05, 4.69) is 17.2 Å². The van der Waals surface area contributed by atoms with Gasteiger partial charge in [-0.15, -0.1) is 12.8 Å². The van der Waals surface area contributed by atoms with Gasteiger partial charge in [0, 0.05) is 6.92 Å². The number of carbonyl (C=O) groups is 1. The molecule has 0 aliphatic heterocycles. The topological polar surface area (TPSA) is 29.1 Å². The molecule has 0 fully saturated rings. The van der Waals surface area contributed by atoms with Crippen LogP contribution in [-0.4, -0.2) is 11.4 Å². The SMILES string of the molecule is C#CC(C)(C#C)NC(C)=O. The molecule has 0 aromatic heterocycles. The maximum atomic E-state index is 10.5. The molecule has 0 saturated heterocycles. The third kappa shape index (κ3) is 2.24. The fourth-order valence-electron chi connectivity index (χ4n) is 0.466. The molecule has 2 nitrogen and oxygen atoms in total. The van der Waals surface area contributed by atoms with E-state index in [4.69, 9.17) is 12.8 Å². The zero-order valence-electron chi connectivity index (χ0n) is 6.06. The maximum Gasteiger partial charge on any atom is 0.218 e. The van der Waals surface area contributed by atoms with Gasteiger partial charge in [0.15, 0.2) is 5.54 Å². The van der Waals surface area contributed by atoms with Crippen LogP contribution in [0.5, 0.6) is 0 Å². The van der Waals surface area contributed by atoms with E-state index in [1.807, 2.05) is 0 Å². The first-order valence-corrected chi connectivity index (χ1v) is 2.78. The van der Waals surface area contributed by atoms with Crippen molar-refractivity contribution in [2.24, 2.45) is 0 Å². The second-order valence-electron chi connectivity index (χ2n) is 2.09. The molecule has 0 spiro atoms. The highest BCUT2D eigenvalue weighted by Crippen LogP contribution is 1.97. The molecule has 0 bridgehead atoms. The first kappa shape index (κ1) is 8.59. The highest BCUT2D eigenvalue weighted by Gasteiger charge is 2.17. The number of nitrogens with one attached hydrogen (secondary N) is 1. The summed E-state index contributed by atoms with van der Waals surface area (Å²) in [6.45, 7) is 2.96. The summed E-state index contributed by atoms with van der Waals surface area (Å²) in [5, 5.41) is 2.44. The van der Waals surface area contributed by atoms with Crippen LogP contribution in [0.25, 0.3) is 0 Å². The second kappa shape index (κ2) is 2.94. The van der Waals surface area contributed by atoms with Gasteiger partial charge in [-0.3, -0.25) is 4.79 Å². The fourth-order valence-corrected chi connectivity index (χ4v) is 0.466. The molecule has 1 amide bonds. The maximum absolute atomic E-state index is 10.5. The van der Waals surface area contributed by atoms with E-state index in [1.54, 1.807) is 6.92 Å². The minimum atomic E-state index is -0.939. The lowest BCUT2D eigenvalue weighted by Crippen LogP contribution is -2.42. The van der Waals surface area contributed by atoms with Gasteiger partial charge in [0.05, 0.1) is 0 Å². The quantitative estimate of drug-likeness (QED) is 0.509. The summed E-state index contributed by atoms with van der Waals surface area (Å²) in [4.78, 5) is 10.5. The standard InChI is InChI=1S/C8H9NO/c1-5-8(4,6-2)9-7(3)10/h1-2H,3-4H3,(H,9,10). The number of rotatable bonds is 1. The molecule has 0 radical (unpaired) electrons. The Morgan fingerprint density at radius 3 is 2.00 bits per heavy atom. The summed E-state index contributed by atoms with van der Waals surface area (Å²) in [7, 11) is 0. The van der Waals surface area contributed by atoms with Gasteiger partial charge in [0.2, 0.25) is 5.91 Å². The molecular formula is C8H9NO. The van der Waals surface area contributed by atoms with Crippen molar-refractivity contribution in [2.75, 3.05) is 0 Å². The van der Waals surface area contributed by atoms with Crippen LogP contribution in [0.1, 0.15) is 13.8 Å². The van der Waals surface area contributed by atoms with E-state index in [1.165, 1.54) is 6.92 Å². The predicted molar refractivity (Wildman–Crippen MR) is 39.9 cm³/mol. The van der Waals surface area contributed by atoms with Crippen molar-refractivity contribution in [3.8, 4) is 24.7 Å². The lowest BCUT2D eigenvalue weighted by molar-refractivity contribution is -0.119. The summed E-state index contributed by atoms with van der Waals surface area (Å²) in [6.07, 6.45) is 10.1. The summed E-state index contributed by atoms with van der Waals surface area (Å²) in [5.74, 6) is 4.36. The van der Waals surface area contributed by atoms with E-state index in [0.29, 0.717) is 0 Å². The van der Waals surface area contributed by atoms with Gasteiger partial charge >= 0.3 is 0 Å². The van der Waals surface area contributed by atoms with Gasteiger partial charge in [-0.25, -0.2) is 0 Å². The van der Waals surface area contributed by atoms with Gasteiger partial charge < -0.3 is 5.32 Å². The Hall–Kier alpha value is -1.41. The third-order valence-electron chi connectivity index (χ3n) is 1.00. The molecule has 52 valence electrons. The third-order valence-corrected chi connectivity index (χ3v) is 1.00. The monoisotopic (exact) mass is 135 g/mol. The average Bonchev–Trinajstić information content (AvgIpc) is 1.87. The molecule has 2 heteroatoms. The van der Waals surface area contributed by atoms with Crippen molar-refractivity contribution in [3.63, 3.8) is 0 Å². The second-order valence-corrected chi connectivity index (χ2v) is 2.09. The van der Waals surface area contributed by atoms with Gasteiger partial charge in [-0.1, -0.05) is 11.8 Å². The first-order chi connectivity index (χ1) is 4.54. The Morgan fingerprint density at radius 1 is 1.50 bits per heavy atom. The van der Waals surface area contributed by atoms with Crippen LogP contribution in [0.2, 0.25) is 0 Å². The summed E-state index contributed by atoms with van der Waals surface area (Å²) >= 11 is 0. The van der Waals surface area contributed by atoms with E-state index in [-0.39, 0.29) is 5.91 Å². The Balaban J connectivity index is 4.29. The number of carbonyl (C=O) groups excluding carboxylic acids is 1. The average molecular weight is 135 g/mol. The van der Waals surface area contributed by atoms with Crippen LogP contribution in [0.15, 0.2) is 0 Å². The van der Waals surface area contributed by atoms with Gasteiger partial charge in [0.1, 0.15) is 0 Å². The van der Waals surface area contributed by atoms with E-state index in [0.717, 1.165) is 0 Å². The molecule has 0 atom stereocenters. The normalized spacial score (nSPS) is 9.20. The minimum absolute atomic E-state index is 0.224. The lowest BCUT2D eigenvalue weighted by Gasteiger charge is -2.16. The van der Waals surface area contributed by atoms with Crippen LogP contribution in [0.3, 0.4) is 0 Å². The first-order valence-electron chi connectivity index (χ1n) is 2.78. The van der Waals surface area contributed by atoms with Crippen molar-refractivity contribution < 1.29 is 4.79 Å². The number of terminal acetylenes is 2. The highest BCUT2D eigenvalue weighted by molar-refractivity contribution is 5.75. The molecular weight excluding hydrogens is 126 g/mol. The molecule has 0 aromatic carbocycles. The molecule has 10 heavy (non-hydrogen) atoms. The van der Waals surface area contributed by atoms with Crippen LogP contribution in [-0.2, 0) is 4.79 Å². The van der Waals surface area contributed by atoms with Crippen molar-refractivity contribution in [2.45, 2.75) is 19.4 Å². The van der Waals surface area contributed by atoms with E-state index >= 15 is 0 Å². The molecule has 0 saturated carbocycles. The molecule has 0 unspecified atom stereocenters. The van der Waals surface area contributed by atoms with Crippen LogP contribution < -0.4 is 5.32 Å². The molecule has 0 aromatic rings. The predicted octanol–water partition coefficient (Wildman–Crippen LogP) is 0.148. The molecule has 0 aliphatic rings. The molecule has 0 aliphatic carbocycles. The Morgan fingerprint density at radius 2 is 1.90 bits per heavy atom. The number of hydrogen-bond donors (Lipinski definition) is 1. The van der Waals surface area contributed by atoms with Crippen molar-refractivity contribution in [1.82, 2.24) is 5.32 Å². The largest absolute Gasteiger partial charge is 0.330 e. The van der Waals surface area contributed by atoms with Gasteiger partial charge in [0.25, 0.3) is 0 Å². The van der Waals surface area contributed by atoms with Crippen LogP contribution in [0.4, 0.5) is 0 Å². The number of hydrogen-bond acceptors (Lipinski definition) is 1. The van der Waals surface area contributed by atoms with Gasteiger partial charge in [-0.2, -0.15) is 0 Å². The molecule has 0 heterocycles. The Bertz CT molecular complexity index is 202. The van der Waals surface area contributed by atoms with Crippen molar-refractivity contribution in [1.29, 1.82) is 0 Å². The fraction of sp³-hybridized carbons (Fsp3) is 0.375. The highest BCUT2D eigenvalue weighted by atomic mass is 16.1. The van der Waals surface area contributed by atoms with Gasteiger partial charge in [-0.05, 0) is 6.92 Å². The van der Waals surface area contributed by atoms with E-state index < -0.39 is 5.54 Å². The summed E-state index contributed by atoms with van der Waals surface area (Å²) in [5.41, 5.74) is -0.939. The lowest BCUT2D eigenvalue weighted by atomic mass is 10.1. The Kier molecular flexibility index (Phi) is 2.52.